The minimum absolute atomic E-state index is 0.470. The van der Waals surface area contributed by atoms with Gasteiger partial charge < -0.3 is 4.74 Å². The molecule has 0 atom stereocenters. The average molecular weight is 364 g/mol. The standard InChI is InChI=1S/C11H10Cl3FO4S/c1-11(2,3)19-10(16)5-4-6(15)8(13)9(7(5)12)20(14,17)18/h4H,1-3H3. The molecule has 1 aromatic rings. The summed E-state index contributed by atoms with van der Waals surface area (Å²) < 4.78 is 41.3. The van der Waals surface area contributed by atoms with Gasteiger partial charge in [-0.3, -0.25) is 0 Å². The third kappa shape index (κ3) is 3.97. The molecule has 0 radical (unpaired) electrons. The third-order valence-electron chi connectivity index (χ3n) is 1.98. The van der Waals surface area contributed by atoms with Gasteiger partial charge in [-0.25, -0.2) is 17.6 Å². The van der Waals surface area contributed by atoms with Crippen molar-refractivity contribution in [2.75, 3.05) is 0 Å². The second kappa shape index (κ2) is 5.67. The van der Waals surface area contributed by atoms with Crippen molar-refractivity contribution >= 4 is 48.9 Å². The van der Waals surface area contributed by atoms with E-state index < -0.39 is 46.9 Å². The molecule has 20 heavy (non-hydrogen) atoms. The van der Waals surface area contributed by atoms with E-state index in [9.17, 15) is 17.6 Å². The van der Waals surface area contributed by atoms with Gasteiger partial charge >= 0.3 is 5.97 Å². The van der Waals surface area contributed by atoms with E-state index in [-0.39, 0.29) is 0 Å². The number of ether oxygens (including phenoxy) is 1. The molecule has 0 fully saturated rings. The molecule has 9 heteroatoms. The number of carbonyl (C=O) groups is 1. The molecular weight excluding hydrogens is 354 g/mol. The van der Waals surface area contributed by atoms with Crippen LogP contribution in [-0.2, 0) is 13.8 Å². The van der Waals surface area contributed by atoms with Gasteiger partial charge in [-0.05, 0) is 26.8 Å². The fourth-order valence-electron chi connectivity index (χ4n) is 1.28. The van der Waals surface area contributed by atoms with Crippen molar-refractivity contribution in [3.05, 3.63) is 27.5 Å². The molecule has 0 unspecified atom stereocenters. The van der Waals surface area contributed by atoms with Crippen LogP contribution in [0.3, 0.4) is 0 Å². The van der Waals surface area contributed by atoms with Crippen LogP contribution in [0, 0.1) is 5.82 Å². The first-order valence-corrected chi connectivity index (χ1v) is 8.26. The predicted molar refractivity (Wildman–Crippen MR) is 74.6 cm³/mol. The molecule has 0 saturated heterocycles. The zero-order valence-electron chi connectivity index (χ0n) is 10.6. The van der Waals surface area contributed by atoms with Gasteiger partial charge in [-0.2, -0.15) is 0 Å². The Morgan fingerprint density at radius 1 is 1.25 bits per heavy atom. The third-order valence-corrected chi connectivity index (χ3v) is 4.32. The maximum atomic E-state index is 13.6. The zero-order chi connectivity index (χ0) is 15.9. The normalized spacial score (nSPS) is 12.3. The molecular formula is C11H10Cl3FO4S. The van der Waals surface area contributed by atoms with Crippen molar-refractivity contribution in [3.63, 3.8) is 0 Å². The Labute approximate surface area is 130 Å². The Balaban J connectivity index is 3.53. The highest BCUT2D eigenvalue weighted by molar-refractivity contribution is 8.14. The number of rotatable bonds is 2. The van der Waals surface area contributed by atoms with Gasteiger partial charge in [0.25, 0.3) is 9.05 Å². The number of benzene rings is 1. The summed E-state index contributed by atoms with van der Waals surface area (Å²) in [6.07, 6.45) is 0. The largest absolute Gasteiger partial charge is 0.456 e. The van der Waals surface area contributed by atoms with E-state index in [2.05, 4.69) is 0 Å². The molecule has 0 amide bonds. The van der Waals surface area contributed by atoms with E-state index in [1.165, 1.54) is 0 Å². The summed E-state index contributed by atoms with van der Waals surface area (Å²) in [5, 5.41) is -1.36. The Morgan fingerprint density at radius 2 is 1.75 bits per heavy atom. The lowest BCUT2D eigenvalue weighted by molar-refractivity contribution is 0.00689. The second-order valence-corrected chi connectivity index (χ2v) is 8.06. The minimum Gasteiger partial charge on any atom is -0.456 e. The topological polar surface area (TPSA) is 60.4 Å². The first kappa shape index (κ1) is 17.5. The van der Waals surface area contributed by atoms with Crippen molar-refractivity contribution < 1.29 is 22.3 Å². The number of hydrogen-bond acceptors (Lipinski definition) is 4. The molecule has 4 nitrogen and oxygen atoms in total. The quantitative estimate of drug-likeness (QED) is 0.452. The van der Waals surface area contributed by atoms with Crippen LogP contribution in [0.25, 0.3) is 0 Å². The summed E-state index contributed by atoms with van der Waals surface area (Å²) in [5.41, 5.74) is -1.33. The van der Waals surface area contributed by atoms with Crippen LogP contribution in [0.5, 0.6) is 0 Å². The van der Waals surface area contributed by atoms with Gasteiger partial charge in [0, 0.05) is 10.7 Å². The second-order valence-electron chi connectivity index (χ2n) is 4.80. The van der Waals surface area contributed by atoms with Crippen LogP contribution < -0.4 is 0 Å². The van der Waals surface area contributed by atoms with Crippen molar-refractivity contribution in [2.24, 2.45) is 0 Å². The molecule has 0 aliphatic rings. The van der Waals surface area contributed by atoms with E-state index in [4.69, 9.17) is 38.6 Å². The fraction of sp³-hybridized carbons (Fsp3) is 0.364. The van der Waals surface area contributed by atoms with Crippen LogP contribution >= 0.6 is 33.9 Å². The van der Waals surface area contributed by atoms with Gasteiger partial charge in [-0.1, -0.05) is 23.2 Å². The molecule has 0 saturated carbocycles. The summed E-state index contributed by atoms with van der Waals surface area (Å²) in [6, 6.07) is 0.699. The SMILES string of the molecule is CC(C)(C)OC(=O)c1cc(F)c(Cl)c(S(=O)(=O)Cl)c1Cl. The molecule has 112 valence electrons. The lowest BCUT2D eigenvalue weighted by Crippen LogP contribution is -2.24. The summed E-state index contributed by atoms with van der Waals surface area (Å²) in [4.78, 5) is 11.0. The van der Waals surface area contributed by atoms with E-state index in [0.29, 0.717) is 6.07 Å². The van der Waals surface area contributed by atoms with Crippen molar-refractivity contribution in [3.8, 4) is 0 Å². The van der Waals surface area contributed by atoms with Gasteiger partial charge in [0.1, 0.15) is 16.3 Å². The zero-order valence-corrected chi connectivity index (χ0v) is 13.7. The molecule has 0 aliphatic heterocycles. The van der Waals surface area contributed by atoms with E-state index in [1.54, 1.807) is 20.8 Å². The highest BCUT2D eigenvalue weighted by Gasteiger charge is 2.29. The van der Waals surface area contributed by atoms with Gasteiger partial charge in [0.15, 0.2) is 0 Å². The number of esters is 1. The van der Waals surface area contributed by atoms with Crippen LogP contribution in [0.15, 0.2) is 11.0 Å². The lowest BCUT2D eigenvalue weighted by atomic mass is 10.1. The number of halogens is 4. The van der Waals surface area contributed by atoms with Crippen molar-refractivity contribution in [1.29, 1.82) is 0 Å². The smallest absolute Gasteiger partial charge is 0.340 e. The monoisotopic (exact) mass is 362 g/mol. The number of carbonyl (C=O) groups excluding carboxylic acids is 1. The maximum absolute atomic E-state index is 13.6. The Hall–Kier alpha value is -0.560. The summed E-state index contributed by atoms with van der Waals surface area (Å²) >= 11 is 11.3. The molecule has 0 aliphatic carbocycles. The molecule has 0 spiro atoms. The Bertz CT molecular complexity index is 665. The number of hydrogen-bond donors (Lipinski definition) is 0. The molecule has 1 aromatic carbocycles. The predicted octanol–water partition coefficient (Wildman–Crippen LogP) is 4.02. The van der Waals surface area contributed by atoms with E-state index in [0.717, 1.165) is 0 Å². The molecule has 0 N–H and O–H groups in total. The average Bonchev–Trinajstić information content (AvgIpc) is 2.18. The van der Waals surface area contributed by atoms with Gasteiger partial charge in [0.05, 0.1) is 15.6 Å². The lowest BCUT2D eigenvalue weighted by Gasteiger charge is -2.20. The molecule has 0 bridgehead atoms. The fourth-order valence-corrected chi connectivity index (χ4v) is 3.64. The molecule has 0 aromatic heterocycles. The molecule has 1 rings (SSSR count). The Morgan fingerprint density at radius 3 is 2.15 bits per heavy atom. The summed E-state index contributed by atoms with van der Waals surface area (Å²) in [5.74, 6) is -2.13. The minimum atomic E-state index is -4.43. The Kier molecular flexibility index (Phi) is 4.96. The van der Waals surface area contributed by atoms with E-state index in [1.807, 2.05) is 0 Å². The summed E-state index contributed by atoms with van der Waals surface area (Å²) in [7, 11) is 0.710. The van der Waals surface area contributed by atoms with Crippen LogP contribution in [-0.4, -0.2) is 20.0 Å². The van der Waals surface area contributed by atoms with Crippen LogP contribution in [0.1, 0.15) is 31.1 Å². The van der Waals surface area contributed by atoms with Crippen molar-refractivity contribution in [1.82, 2.24) is 0 Å². The van der Waals surface area contributed by atoms with Crippen LogP contribution in [0.4, 0.5) is 4.39 Å². The van der Waals surface area contributed by atoms with E-state index >= 15 is 0 Å². The van der Waals surface area contributed by atoms with Crippen molar-refractivity contribution in [2.45, 2.75) is 31.3 Å². The highest BCUT2D eigenvalue weighted by atomic mass is 35.7. The molecule has 0 heterocycles. The highest BCUT2D eigenvalue weighted by Crippen LogP contribution is 2.37. The first-order valence-electron chi connectivity index (χ1n) is 5.20. The summed E-state index contributed by atoms with van der Waals surface area (Å²) in [6.45, 7) is 4.76. The first-order chi connectivity index (χ1) is 8.84. The maximum Gasteiger partial charge on any atom is 0.340 e. The van der Waals surface area contributed by atoms with Crippen LogP contribution in [0.2, 0.25) is 10.0 Å². The van der Waals surface area contributed by atoms with Gasteiger partial charge in [-0.15, -0.1) is 0 Å². The van der Waals surface area contributed by atoms with Gasteiger partial charge in [0.2, 0.25) is 0 Å².